The Morgan fingerprint density at radius 3 is 2.56 bits per heavy atom. The molecule has 0 atom stereocenters. The summed E-state index contributed by atoms with van der Waals surface area (Å²) in [4.78, 5) is 25.8. The van der Waals surface area contributed by atoms with Gasteiger partial charge >= 0.3 is 0 Å². The largest absolute Gasteiger partial charge is 0.317 e. The highest BCUT2D eigenvalue weighted by Gasteiger charge is 2.49. The van der Waals surface area contributed by atoms with E-state index in [0.29, 0.717) is 5.69 Å². The third-order valence-electron chi connectivity index (χ3n) is 3.92. The summed E-state index contributed by atoms with van der Waals surface area (Å²) in [6, 6.07) is 4.94. The Labute approximate surface area is 93.5 Å². The molecule has 4 nitrogen and oxygen atoms in total. The molecule has 0 unspecified atom stereocenters. The van der Waals surface area contributed by atoms with Crippen LogP contribution in [-0.2, 0) is 5.66 Å². The zero-order valence-electron chi connectivity index (χ0n) is 9.27. The number of rotatable bonds is 0. The molecule has 3 rings (SSSR count). The molecule has 0 saturated heterocycles. The molecule has 1 aliphatic carbocycles. The minimum absolute atomic E-state index is 0.0281. The fourth-order valence-corrected chi connectivity index (χ4v) is 3.10. The SMILES string of the molecule is CN1C(=O)c2cccc(=O)n2C12CCCC2. The fourth-order valence-electron chi connectivity index (χ4n) is 3.10. The second-order valence-corrected chi connectivity index (χ2v) is 4.64. The Kier molecular flexibility index (Phi) is 1.79. The molecule has 1 aromatic heterocycles. The van der Waals surface area contributed by atoms with Crippen molar-refractivity contribution >= 4 is 5.91 Å². The van der Waals surface area contributed by atoms with Crippen LogP contribution in [0.1, 0.15) is 36.2 Å². The number of aromatic nitrogens is 1. The van der Waals surface area contributed by atoms with Crippen molar-refractivity contribution in [3.8, 4) is 0 Å². The molecule has 0 bridgehead atoms. The molecule has 1 aromatic rings. The number of pyridine rings is 1. The monoisotopic (exact) mass is 218 g/mol. The predicted molar refractivity (Wildman–Crippen MR) is 59.2 cm³/mol. The van der Waals surface area contributed by atoms with Crippen molar-refractivity contribution in [3.05, 3.63) is 34.2 Å². The molecule has 1 amide bonds. The van der Waals surface area contributed by atoms with Crippen molar-refractivity contribution in [1.29, 1.82) is 0 Å². The Morgan fingerprint density at radius 2 is 1.88 bits per heavy atom. The third kappa shape index (κ3) is 0.944. The summed E-state index contributed by atoms with van der Waals surface area (Å²) >= 11 is 0. The van der Waals surface area contributed by atoms with E-state index in [1.807, 2.05) is 0 Å². The molecule has 84 valence electrons. The molecule has 1 spiro atoms. The van der Waals surface area contributed by atoms with Crippen molar-refractivity contribution in [2.24, 2.45) is 0 Å². The fraction of sp³-hybridized carbons (Fsp3) is 0.500. The number of nitrogens with zero attached hydrogens (tertiary/aromatic N) is 2. The van der Waals surface area contributed by atoms with E-state index >= 15 is 0 Å². The van der Waals surface area contributed by atoms with Crippen molar-refractivity contribution in [2.75, 3.05) is 7.05 Å². The summed E-state index contributed by atoms with van der Waals surface area (Å²) in [7, 11) is 1.81. The Hall–Kier alpha value is -1.58. The number of fused-ring (bicyclic) bond motifs is 2. The lowest BCUT2D eigenvalue weighted by Gasteiger charge is -2.33. The summed E-state index contributed by atoms with van der Waals surface area (Å²) in [5, 5.41) is 0. The van der Waals surface area contributed by atoms with Crippen LogP contribution in [-0.4, -0.2) is 22.4 Å². The van der Waals surface area contributed by atoms with Gasteiger partial charge < -0.3 is 4.90 Å². The van der Waals surface area contributed by atoms with Crippen LogP contribution in [0.15, 0.2) is 23.0 Å². The lowest BCUT2D eigenvalue weighted by Crippen LogP contribution is -2.45. The van der Waals surface area contributed by atoms with Gasteiger partial charge in [0.15, 0.2) is 0 Å². The standard InChI is InChI=1S/C12H14N2O2/c1-13-11(16)9-5-4-6-10(15)14(9)12(13)7-2-3-8-12/h4-6H,2-3,7-8H2,1H3. The summed E-state index contributed by atoms with van der Waals surface area (Å²) in [6.07, 6.45) is 3.95. The first-order valence-electron chi connectivity index (χ1n) is 5.67. The first-order chi connectivity index (χ1) is 7.67. The van der Waals surface area contributed by atoms with Crippen LogP contribution in [0.4, 0.5) is 0 Å². The summed E-state index contributed by atoms with van der Waals surface area (Å²) in [5.74, 6) is -0.0281. The number of hydrogen-bond donors (Lipinski definition) is 0. The summed E-state index contributed by atoms with van der Waals surface area (Å²) < 4.78 is 1.70. The van der Waals surface area contributed by atoms with Crippen LogP contribution in [0.5, 0.6) is 0 Å². The average Bonchev–Trinajstić information content (AvgIpc) is 2.83. The van der Waals surface area contributed by atoms with Gasteiger partial charge in [-0.05, 0) is 31.7 Å². The third-order valence-corrected chi connectivity index (χ3v) is 3.92. The highest BCUT2D eigenvalue weighted by molar-refractivity contribution is 5.95. The van der Waals surface area contributed by atoms with Crippen molar-refractivity contribution < 1.29 is 4.79 Å². The van der Waals surface area contributed by atoms with Gasteiger partial charge in [-0.1, -0.05) is 6.07 Å². The normalized spacial score (nSPS) is 21.8. The van der Waals surface area contributed by atoms with Crippen LogP contribution < -0.4 is 5.56 Å². The maximum atomic E-state index is 12.1. The van der Waals surface area contributed by atoms with Gasteiger partial charge in [0.2, 0.25) is 0 Å². The molecule has 1 aliphatic heterocycles. The first kappa shape index (κ1) is 9.63. The molecule has 16 heavy (non-hydrogen) atoms. The zero-order chi connectivity index (χ0) is 11.3. The second kappa shape index (κ2) is 2.97. The molecule has 0 radical (unpaired) electrons. The highest BCUT2D eigenvalue weighted by Crippen LogP contribution is 2.42. The topological polar surface area (TPSA) is 42.3 Å². The van der Waals surface area contributed by atoms with Crippen LogP contribution in [0.2, 0.25) is 0 Å². The summed E-state index contributed by atoms with van der Waals surface area (Å²) in [5.41, 5.74) is 0.110. The van der Waals surface area contributed by atoms with E-state index in [1.54, 1.807) is 28.6 Å². The van der Waals surface area contributed by atoms with Crippen LogP contribution in [0, 0.1) is 0 Å². The maximum Gasteiger partial charge on any atom is 0.272 e. The highest BCUT2D eigenvalue weighted by atomic mass is 16.2. The van der Waals surface area contributed by atoms with Gasteiger partial charge in [0.25, 0.3) is 11.5 Å². The molecule has 1 saturated carbocycles. The van der Waals surface area contributed by atoms with E-state index in [9.17, 15) is 9.59 Å². The Bertz CT molecular complexity index is 512. The van der Waals surface area contributed by atoms with E-state index < -0.39 is 0 Å². The smallest absolute Gasteiger partial charge is 0.272 e. The molecule has 4 heteroatoms. The van der Waals surface area contributed by atoms with Crippen LogP contribution >= 0.6 is 0 Å². The van der Waals surface area contributed by atoms with Gasteiger partial charge in [-0.3, -0.25) is 14.2 Å². The van der Waals surface area contributed by atoms with Crippen LogP contribution in [0.25, 0.3) is 0 Å². The first-order valence-corrected chi connectivity index (χ1v) is 5.67. The minimum Gasteiger partial charge on any atom is -0.317 e. The quantitative estimate of drug-likeness (QED) is 0.655. The van der Waals surface area contributed by atoms with E-state index in [0.717, 1.165) is 25.7 Å². The molecule has 0 aromatic carbocycles. The van der Waals surface area contributed by atoms with E-state index in [2.05, 4.69) is 0 Å². The number of amides is 1. The summed E-state index contributed by atoms with van der Waals surface area (Å²) in [6.45, 7) is 0. The van der Waals surface area contributed by atoms with Gasteiger partial charge in [0.05, 0.1) is 0 Å². The number of carbonyl (C=O) groups is 1. The lowest BCUT2D eigenvalue weighted by molar-refractivity contribution is 0.0505. The average molecular weight is 218 g/mol. The molecule has 2 aliphatic rings. The van der Waals surface area contributed by atoms with E-state index in [4.69, 9.17) is 0 Å². The molecule has 2 heterocycles. The number of carbonyl (C=O) groups excluding carboxylic acids is 1. The predicted octanol–water partition coefficient (Wildman–Crippen LogP) is 1.16. The Morgan fingerprint density at radius 1 is 1.19 bits per heavy atom. The van der Waals surface area contributed by atoms with Gasteiger partial charge in [-0.25, -0.2) is 0 Å². The minimum atomic E-state index is -0.370. The lowest BCUT2D eigenvalue weighted by atomic mass is 10.1. The van der Waals surface area contributed by atoms with Crippen molar-refractivity contribution in [3.63, 3.8) is 0 Å². The van der Waals surface area contributed by atoms with Crippen molar-refractivity contribution in [1.82, 2.24) is 9.47 Å². The van der Waals surface area contributed by atoms with Crippen molar-refractivity contribution in [2.45, 2.75) is 31.3 Å². The second-order valence-electron chi connectivity index (χ2n) is 4.64. The van der Waals surface area contributed by atoms with Gasteiger partial charge in [-0.2, -0.15) is 0 Å². The van der Waals surface area contributed by atoms with E-state index in [1.165, 1.54) is 6.07 Å². The Balaban J connectivity index is 2.32. The van der Waals surface area contributed by atoms with Gasteiger partial charge in [-0.15, -0.1) is 0 Å². The zero-order valence-corrected chi connectivity index (χ0v) is 9.27. The maximum absolute atomic E-state index is 12.1. The number of hydrogen-bond acceptors (Lipinski definition) is 2. The molecular formula is C12H14N2O2. The van der Waals surface area contributed by atoms with Gasteiger partial charge in [0.1, 0.15) is 11.4 Å². The molecular weight excluding hydrogens is 204 g/mol. The van der Waals surface area contributed by atoms with Crippen LogP contribution in [0.3, 0.4) is 0 Å². The van der Waals surface area contributed by atoms with Gasteiger partial charge in [0, 0.05) is 13.1 Å². The molecule has 1 fully saturated rings. The molecule has 0 N–H and O–H groups in total. The van der Waals surface area contributed by atoms with E-state index in [-0.39, 0.29) is 17.1 Å².